The van der Waals surface area contributed by atoms with Gasteiger partial charge in [-0.3, -0.25) is 0 Å². The summed E-state index contributed by atoms with van der Waals surface area (Å²) >= 11 is 12.2. The molecular weight excluding hydrogens is 295 g/mol. The van der Waals surface area contributed by atoms with E-state index in [1.165, 1.54) is 0 Å². The first-order valence-electron chi connectivity index (χ1n) is 6.27. The molecule has 0 aliphatic carbocycles. The number of benzene rings is 1. The molecule has 2 aromatic rings. The minimum atomic E-state index is -0.0406. The van der Waals surface area contributed by atoms with E-state index in [2.05, 4.69) is 4.98 Å². The highest BCUT2D eigenvalue weighted by atomic mass is 35.5. The second-order valence-corrected chi connectivity index (χ2v) is 5.38. The molecule has 1 unspecified atom stereocenters. The van der Waals surface area contributed by atoms with Crippen molar-refractivity contribution >= 4 is 23.2 Å². The van der Waals surface area contributed by atoms with Crippen LogP contribution in [0.15, 0.2) is 36.5 Å². The van der Waals surface area contributed by atoms with Gasteiger partial charge in [0.2, 0.25) is 5.88 Å². The van der Waals surface area contributed by atoms with Gasteiger partial charge in [0.05, 0.1) is 17.2 Å². The maximum absolute atomic E-state index is 6.17. The van der Waals surface area contributed by atoms with Gasteiger partial charge in [-0.2, -0.15) is 0 Å². The maximum atomic E-state index is 6.17. The van der Waals surface area contributed by atoms with E-state index in [-0.39, 0.29) is 6.04 Å². The Kier molecular flexibility index (Phi) is 5.24. The Balaban J connectivity index is 2.01. The summed E-state index contributed by atoms with van der Waals surface area (Å²) in [6, 6.07) is 9.35. The smallest absolute Gasteiger partial charge is 0.212 e. The average molecular weight is 311 g/mol. The van der Waals surface area contributed by atoms with Crippen molar-refractivity contribution in [2.45, 2.75) is 18.9 Å². The molecule has 0 radical (unpaired) electrons. The largest absolute Gasteiger partial charge is 0.481 e. The number of methoxy groups -OCH3 is 1. The van der Waals surface area contributed by atoms with E-state index < -0.39 is 0 Å². The van der Waals surface area contributed by atoms with E-state index in [1.54, 1.807) is 19.4 Å². The van der Waals surface area contributed by atoms with Gasteiger partial charge in [-0.05, 0) is 30.0 Å². The van der Waals surface area contributed by atoms with Crippen molar-refractivity contribution in [2.75, 3.05) is 7.11 Å². The summed E-state index contributed by atoms with van der Waals surface area (Å²) < 4.78 is 5.02. The van der Waals surface area contributed by atoms with E-state index >= 15 is 0 Å². The monoisotopic (exact) mass is 310 g/mol. The van der Waals surface area contributed by atoms with E-state index in [0.717, 1.165) is 17.5 Å². The number of pyridine rings is 1. The van der Waals surface area contributed by atoms with Crippen molar-refractivity contribution in [1.82, 2.24) is 4.98 Å². The lowest BCUT2D eigenvalue weighted by Crippen LogP contribution is -2.25. The molecule has 106 valence electrons. The Morgan fingerprint density at radius 2 is 2.00 bits per heavy atom. The maximum Gasteiger partial charge on any atom is 0.212 e. The Morgan fingerprint density at radius 3 is 2.65 bits per heavy atom. The SMILES string of the molecule is COc1ccc(CC(N)Cc2cccc(Cl)c2Cl)cn1. The highest BCUT2D eigenvalue weighted by molar-refractivity contribution is 6.42. The molecule has 2 N–H and O–H groups in total. The lowest BCUT2D eigenvalue weighted by Gasteiger charge is -2.13. The van der Waals surface area contributed by atoms with Crippen LogP contribution in [0.2, 0.25) is 10.0 Å². The molecule has 1 aromatic heterocycles. The van der Waals surface area contributed by atoms with Gasteiger partial charge in [-0.25, -0.2) is 4.98 Å². The van der Waals surface area contributed by atoms with Crippen LogP contribution >= 0.6 is 23.2 Å². The summed E-state index contributed by atoms with van der Waals surface area (Å²) in [6.07, 6.45) is 3.17. The van der Waals surface area contributed by atoms with Crippen LogP contribution in [0.1, 0.15) is 11.1 Å². The molecule has 0 amide bonds. The predicted molar refractivity (Wildman–Crippen MR) is 82.6 cm³/mol. The third-order valence-corrected chi connectivity index (χ3v) is 3.88. The molecule has 0 spiro atoms. The molecule has 0 saturated heterocycles. The van der Waals surface area contributed by atoms with Gasteiger partial charge in [0.25, 0.3) is 0 Å². The number of hydrogen-bond donors (Lipinski definition) is 1. The summed E-state index contributed by atoms with van der Waals surface area (Å²) in [4.78, 5) is 4.16. The van der Waals surface area contributed by atoms with Gasteiger partial charge in [0.1, 0.15) is 0 Å². The number of nitrogens with two attached hydrogens (primary N) is 1. The van der Waals surface area contributed by atoms with Crippen LogP contribution in [0, 0.1) is 0 Å². The van der Waals surface area contributed by atoms with Gasteiger partial charge in [-0.1, -0.05) is 41.4 Å². The van der Waals surface area contributed by atoms with Crippen molar-refractivity contribution in [3.63, 3.8) is 0 Å². The van der Waals surface area contributed by atoms with Gasteiger partial charge < -0.3 is 10.5 Å². The molecule has 20 heavy (non-hydrogen) atoms. The number of nitrogens with zero attached hydrogens (tertiary/aromatic N) is 1. The van der Waals surface area contributed by atoms with Crippen LogP contribution in [-0.2, 0) is 12.8 Å². The van der Waals surface area contributed by atoms with Crippen LogP contribution in [0.3, 0.4) is 0 Å². The predicted octanol–water partition coefficient (Wildman–Crippen LogP) is 3.51. The summed E-state index contributed by atoms with van der Waals surface area (Å²) in [7, 11) is 1.59. The lowest BCUT2D eigenvalue weighted by atomic mass is 10.0. The Morgan fingerprint density at radius 1 is 1.20 bits per heavy atom. The molecule has 5 heteroatoms. The number of hydrogen-bond acceptors (Lipinski definition) is 3. The second kappa shape index (κ2) is 6.93. The van der Waals surface area contributed by atoms with E-state index in [0.29, 0.717) is 22.3 Å². The Labute approximate surface area is 128 Å². The first kappa shape index (κ1) is 15.1. The quantitative estimate of drug-likeness (QED) is 0.919. The fourth-order valence-electron chi connectivity index (χ4n) is 2.02. The Hall–Kier alpha value is -1.29. The second-order valence-electron chi connectivity index (χ2n) is 4.59. The third-order valence-electron chi connectivity index (χ3n) is 3.02. The fraction of sp³-hybridized carbons (Fsp3) is 0.267. The number of rotatable bonds is 5. The zero-order valence-electron chi connectivity index (χ0n) is 11.1. The summed E-state index contributed by atoms with van der Waals surface area (Å²) in [5.74, 6) is 0.597. The molecule has 0 bridgehead atoms. The highest BCUT2D eigenvalue weighted by Crippen LogP contribution is 2.26. The minimum absolute atomic E-state index is 0.0406. The lowest BCUT2D eigenvalue weighted by molar-refractivity contribution is 0.397. The van der Waals surface area contributed by atoms with Gasteiger partial charge in [0.15, 0.2) is 0 Å². The molecule has 1 atom stereocenters. The van der Waals surface area contributed by atoms with E-state index in [9.17, 15) is 0 Å². The summed E-state index contributed by atoms with van der Waals surface area (Å²) in [6.45, 7) is 0. The molecule has 0 saturated carbocycles. The van der Waals surface area contributed by atoms with E-state index in [4.69, 9.17) is 33.7 Å². The molecule has 1 aromatic carbocycles. The first-order valence-corrected chi connectivity index (χ1v) is 7.03. The van der Waals surface area contributed by atoms with Gasteiger partial charge in [0, 0.05) is 18.3 Å². The van der Waals surface area contributed by atoms with Crippen LogP contribution in [-0.4, -0.2) is 18.1 Å². The van der Waals surface area contributed by atoms with Gasteiger partial charge >= 0.3 is 0 Å². The van der Waals surface area contributed by atoms with Gasteiger partial charge in [-0.15, -0.1) is 0 Å². The van der Waals surface area contributed by atoms with Crippen LogP contribution in [0.25, 0.3) is 0 Å². The molecule has 0 aliphatic heterocycles. The summed E-state index contributed by atoms with van der Waals surface area (Å²) in [5.41, 5.74) is 8.20. The number of halogens is 2. The first-order chi connectivity index (χ1) is 9.60. The van der Waals surface area contributed by atoms with Crippen molar-refractivity contribution in [3.8, 4) is 5.88 Å². The fourth-order valence-corrected chi connectivity index (χ4v) is 2.41. The summed E-state index contributed by atoms with van der Waals surface area (Å²) in [5, 5.41) is 1.14. The zero-order chi connectivity index (χ0) is 14.5. The molecule has 3 nitrogen and oxygen atoms in total. The molecular formula is C15H16Cl2N2O. The number of aromatic nitrogens is 1. The molecule has 0 fully saturated rings. The van der Waals surface area contributed by atoms with E-state index in [1.807, 2.05) is 24.3 Å². The zero-order valence-corrected chi connectivity index (χ0v) is 12.7. The average Bonchev–Trinajstić information content (AvgIpc) is 2.45. The molecule has 2 rings (SSSR count). The Bertz CT molecular complexity index is 573. The third kappa shape index (κ3) is 3.85. The minimum Gasteiger partial charge on any atom is -0.481 e. The topological polar surface area (TPSA) is 48.1 Å². The number of ether oxygens (including phenoxy) is 1. The molecule has 1 heterocycles. The van der Waals surface area contributed by atoms with Crippen molar-refractivity contribution in [3.05, 3.63) is 57.7 Å². The normalized spacial score (nSPS) is 12.2. The van der Waals surface area contributed by atoms with Crippen LogP contribution < -0.4 is 10.5 Å². The van der Waals surface area contributed by atoms with Crippen molar-refractivity contribution in [1.29, 1.82) is 0 Å². The van der Waals surface area contributed by atoms with Crippen LogP contribution in [0.4, 0.5) is 0 Å². The standard InChI is InChI=1S/C15H16Cl2N2O/c1-20-14-6-5-10(9-19-14)7-12(18)8-11-3-2-4-13(16)15(11)17/h2-6,9,12H,7-8,18H2,1H3. The van der Waals surface area contributed by atoms with Crippen molar-refractivity contribution in [2.24, 2.45) is 5.73 Å². The highest BCUT2D eigenvalue weighted by Gasteiger charge is 2.10. The van der Waals surface area contributed by atoms with Crippen molar-refractivity contribution < 1.29 is 4.74 Å². The van der Waals surface area contributed by atoms with Crippen LogP contribution in [0.5, 0.6) is 5.88 Å². The molecule has 0 aliphatic rings.